The third kappa shape index (κ3) is 6.55. The van der Waals surface area contributed by atoms with Crippen molar-refractivity contribution in [2.24, 2.45) is 5.92 Å². The highest BCUT2D eigenvalue weighted by molar-refractivity contribution is 7.80. The molecule has 0 aliphatic carbocycles. The van der Waals surface area contributed by atoms with Gasteiger partial charge in [-0.3, -0.25) is 14.3 Å². The summed E-state index contributed by atoms with van der Waals surface area (Å²) in [6.45, 7) is 12.2. The van der Waals surface area contributed by atoms with Crippen molar-refractivity contribution in [2.75, 3.05) is 56.6 Å². The van der Waals surface area contributed by atoms with Crippen LogP contribution in [0, 0.1) is 5.92 Å². The molecule has 0 unspecified atom stereocenters. The first-order chi connectivity index (χ1) is 13.8. The Morgan fingerprint density at radius 2 is 2.07 bits per heavy atom. The van der Waals surface area contributed by atoms with Gasteiger partial charge in [0.1, 0.15) is 18.9 Å². The van der Waals surface area contributed by atoms with Crippen LogP contribution in [-0.2, 0) is 11.3 Å². The number of hydrogen-bond donors (Lipinski definition) is 4. The van der Waals surface area contributed by atoms with E-state index in [2.05, 4.69) is 17.2 Å². The number of nitrogens with zero attached hydrogens (tertiary/aromatic N) is 2. The average Bonchev–Trinajstić information content (AvgIpc) is 2.68. The van der Waals surface area contributed by atoms with Gasteiger partial charge in [0.25, 0.3) is 5.56 Å². The number of quaternary nitrogens is 1. The van der Waals surface area contributed by atoms with Gasteiger partial charge in [0.2, 0.25) is 0 Å². The van der Waals surface area contributed by atoms with Crippen LogP contribution in [0.2, 0.25) is 0 Å². The molecule has 0 atom stereocenters. The molecule has 1 aliphatic heterocycles. The first-order valence-corrected chi connectivity index (χ1v) is 10.8. The van der Waals surface area contributed by atoms with Crippen LogP contribution in [0.25, 0.3) is 0 Å². The number of nitrogens with one attached hydrogen (secondary N) is 3. The number of aromatic amines is 1. The number of anilines is 2. The van der Waals surface area contributed by atoms with E-state index in [-0.39, 0.29) is 17.4 Å². The second-order valence-electron chi connectivity index (χ2n) is 7.85. The van der Waals surface area contributed by atoms with E-state index in [1.165, 1.54) is 9.47 Å². The van der Waals surface area contributed by atoms with Crippen LogP contribution in [-0.4, -0.2) is 60.6 Å². The molecule has 9 nitrogen and oxygen atoms in total. The quantitative estimate of drug-likeness (QED) is 0.381. The largest absolute Gasteiger partial charge is 0.383 e. The van der Waals surface area contributed by atoms with Crippen molar-refractivity contribution in [1.82, 2.24) is 14.9 Å². The lowest BCUT2D eigenvalue weighted by Gasteiger charge is -2.28. The van der Waals surface area contributed by atoms with Gasteiger partial charge < -0.3 is 25.6 Å². The molecule has 164 valence electrons. The zero-order valence-electron chi connectivity index (χ0n) is 17.8. The monoisotopic (exact) mass is 427 g/mol. The van der Waals surface area contributed by atoms with Crippen LogP contribution in [0.3, 0.4) is 0 Å². The Bertz CT molecular complexity index is 785. The van der Waals surface area contributed by atoms with Crippen molar-refractivity contribution in [3.05, 3.63) is 20.8 Å². The van der Waals surface area contributed by atoms with Gasteiger partial charge in [-0.1, -0.05) is 27.2 Å². The minimum Gasteiger partial charge on any atom is -0.383 e. The predicted molar refractivity (Wildman–Crippen MR) is 120 cm³/mol. The molecule has 29 heavy (non-hydrogen) atoms. The van der Waals surface area contributed by atoms with E-state index >= 15 is 0 Å². The molecule has 2 heterocycles. The fourth-order valence-electron chi connectivity index (χ4n) is 3.37. The number of hydrogen-bond acceptors (Lipinski definition) is 5. The van der Waals surface area contributed by atoms with Crippen LogP contribution in [0.15, 0.2) is 9.59 Å². The van der Waals surface area contributed by atoms with Gasteiger partial charge in [-0.2, -0.15) is 0 Å². The summed E-state index contributed by atoms with van der Waals surface area (Å²) in [5, 5.41) is 3.72. The smallest absolute Gasteiger partial charge is 0.330 e. The molecule has 0 amide bonds. The van der Waals surface area contributed by atoms with Gasteiger partial charge in [0.05, 0.1) is 26.3 Å². The highest BCUT2D eigenvalue weighted by Crippen LogP contribution is 2.18. The Balaban J connectivity index is 2.20. The van der Waals surface area contributed by atoms with Gasteiger partial charge in [-0.05, 0) is 24.6 Å². The van der Waals surface area contributed by atoms with E-state index in [0.717, 1.165) is 45.7 Å². The number of ether oxygens (including phenoxy) is 1. The Morgan fingerprint density at radius 1 is 1.38 bits per heavy atom. The molecule has 0 saturated carbocycles. The average molecular weight is 428 g/mol. The van der Waals surface area contributed by atoms with E-state index in [1.807, 2.05) is 13.8 Å². The van der Waals surface area contributed by atoms with Gasteiger partial charge in [-0.25, -0.2) is 4.79 Å². The van der Waals surface area contributed by atoms with E-state index < -0.39 is 11.2 Å². The Hall–Kier alpha value is -1.91. The summed E-state index contributed by atoms with van der Waals surface area (Å²) in [6.07, 6.45) is 1.79. The lowest BCUT2D eigenvalue weighted by Crippen LogP contribution is -3.14. The van der Waals surface area contributed by atoms with E-state index in [0.29, 0.717) is 24.7 Å². The van der Waals surface area contributed by atoms with Crippen molar-refractivity contribution in [3.8, 4) is 0 Å². The normalized spacial score (nSPS) is 14.9. The summed E-state index contributed by atoms with van der Waals surface area (Å²) in [4.78, 5) is 30.5. The van der Waals surface area contributed by atoms with Gasteiger partial charge in [0.15, 0.2) is 10.8 Å². The minimum atomic E-state index is -0.508. The topological polar surface area (TPSA) is 110 Å². The molecule has 0 radical (unpaired) electrons. The lowest BCUT2D eigenvalue weighted by atomic mass is 10.2. The third-order valence-electron chi connectivity index (χ3n) is 4.97. The maximum Gasteiger partial charge on any atom is 0.330 e. The summed E-state index contributed by atoms with van der Waals surface area (Å²) < 4.78 is 6.80. The van der Waals surface area contributed by atoms with E-state index in [4.69, 9.17) is 22.7 Å². The summed E-state index contributed by atoms with van der Waals surface area (Å²) in [5.74, 6) is 0.367. The minimum absolute atomic E-state index is 0.159. The molecule has 1 aromatic rings. The Morgan fingerprint density at radius 3 is 2.69 bits per heavy atom. The highest BCUT2D eigenvalue weighted by atomic mass is 32.1. The third-order valence-corrected chi connectivity index (χ3v) is 5.33. The number of rotatable bonds is 9. The van der Waals surface area contributed by atoms with Crippen LogP contribution in [0.4, 0.5) is 11.5 Å². The molecule has 2 rings (SSSR count). The molecular formula is C19H35N6O3S+. The molecule has 0 bridgehead atoms. The van der Waals surface area contributed by atoms with Crippen molar-refractivity contribution in [1.29, 1.82) is 0 Å². The van der Waals surface area contributed by atoms with Crippen molar-refractivity contribution < 1.29 is 9.64 Å². The van der Waals surface area contributed by atoms with Crippen molar-refractivity contribution >= 4 is 28.8 Å². The fraction of sp³-hybridized carbons (Fsp3) is 0.737. The molecule has 1 fully saturated rings. The van der Waals surface area contributed by atoms with E-state index in [9.17, 15) is 9.59 Å². The lowest BCUT2D eigenvalue weighted by molar-refractivity contribution is -0.906. The molecule has 10 heteroatoms. The summed E-state index contributed by atoms with van der Waals surface area (Å²) in [6, 6.07) is 0. The second-order valence-corrected chi connectivity index (χ2v) is 8.23. The molecular weight excluding hydrogens is 392 g/mol. The predicted octanol–water partition coefficient (Wildman–Crippen LogP) is -0.829. The molecule has 0 aromatic carbocycles. The number of H-pyrrole nitrogens is 1. The summed E-state index contributed by atoms with van der Waals surface area (Å²) >= 11 is 5.61. The summed E-state index contributed by atoms with van der Waals surface area (Å²) in [7, 11) is 0. The SMILES string of the molecule is CCCCN(C(=S)NCC[NH+]1CCOCC1)c1c(N)n(CC(C)C)c(=O)[nH]c1=O. The highest BCUT2D eigenvalue weighted by Gasteiger charge is 2.22. The first-order valence-electron chi connectivity index (χ1n) is 10.4. The molecule has 1 saturated heterocycles. The van der Waals surface area contributed by atoms with Crippen LogP contribution in [0.1, 0.15) is 33.6 Å². The maximum atomic E-state index is 12.6. The van der Waals surface area contributed by atoms with Crippen LogP contribution >= 0.6 is 12.2 Å². The van der Waals surface area contributed by atoms with Crippen LogP contribution in [0.5, 0.6) is 0 Å². The van der Waals surface area contributed by atoms with Gasteiger partial charge >= 0.3 is 5.69 Å². The first kappa shape index (κ1) is 23.4. The van der Waals surface area contributed by atoms with Gasteiger partial charge in [0, 0.05) is 13.1 Å². The number of unbranched alkanes of at least 4 members (excludes halogenated alkanes) is 1. The zero-order valence-corrected chi connectivity index (χ0v) is 18.6. The number of thiocarbonyl (C=S) groups is 1. The molecule has 1 aliphatic rings. The Kier molecular flexibility index (Phi) is 9.12. The van der Waals surface area contributed by atoms with Gasteiger partial charge in [-0.15, -0.1) is 0 Å². The number of aromatic nitrogens is 2. The number of nitrogen functional groups attached to an aromatic ring is 1. The van der Waals surface area contributed by atoms with Crippen molar-refractivity contribution in [3.63, 3.8) is 0 Å². The van der Waals surface area contributed by atoms with Crippen molar-refractivity contribution in [2.45, 2.75) is 40.2 Å². The summed E-state index contributed by atoms with van der Waals surface area (Å²) in [5.41, 5.74) is 5.53. The maximum absolute atomic E-state index is 12.6. The van der Waals surface area contributed by atoms with Crippen LogP contribution < -0.4 is 32.1 Å². The Labute approximate surface area is 177 Å². The van der Waals surface area contributed by atoms with E-state index in [1.54, 1.807) is 4.90 Å². The fourth-order valence-corrected chi connectivity index (χ4v) is 3.65. The molecule has 5 N–H and O–H groups in total. The second kappa shape index (κ2) is 11.3. The molecule has 1 aromatic heterocycles. The number of morpholine rings is 1. The molecule has 0 spiro atoms. The standard InChI is InChI=1S/C19H34N6O3S/c1-4-5-7-24(19(29)21-6-8-23-9-11-28-12-10-23)15-16(20)25(13-14(2)3)18(27)22-17(15)26/h14H,4-13,20H2,1-3H3,(H,21,29)(H,22,26,27)/p+1. The number of nitrogens with two attached hydrogens (primary N) is 1. The zero-order chi connectivity index (χ0) is 21.4.